The molecule has 8 heteroatoms. The smallest absolute Gasteiger partial charge is 0.320 e. The van der Waals surface area contributed by atoms with Crippen molar-refractivity contribution < 1.29 is 9.59 Å². The van der Waals surface area contributed by atoms with Gasteiger partial charge in [0.2, 0.25) is 0 Å². The Morgan fingerprint density at radius 2 is 1.89 bits per heavy atom. The quantitative estimate of drug-likeness (QED) is 0.813. The van der Waals surface area contributed by atoms with Crippen molar-refractivity contribution in [1.82, 2.24) is 19.7 Å². The predicted molar refractivity (Wildman–Crippen MR) is 107 cm³/mol. The van der Waals surface area contributed by atoms with E-state index in [1.807, 2.05) is 22.8 Å². The van der Waals surface area contributed by atoms with Crippen molar-refractivity contribution in [3.8, 4) is 0 Å². The van der Waals surface area contributed by atoms with Crippen LogP contribution in [0.1, 0.15) is 41.7 Å². The zero-order valence-electron chi connectivity index (χ0n) is 16.6. The molecule has 0 unspecified atom stereocenters. The van der Waals surface area contributed by atoms with E-state index in [4.69, 9.17) is 5.73 Å². The number of primary amides is 1. The lowest BCUT2D eigenvalue weighted by Crippen LogP contribution is -2.60. The fraction of sp³-hybridized carbons (Fsp3) is 0.650. The summed E-state index contributed by atoms with van der Waals surface area (Å²) in [7, 11) is 0. The van der Waals surface area contributed by atoms with Gasteiger partial charge in [-0.1, -0.05) is 6.42 Å². The summed E-state index contributed by atoms with van der Waals surface area (Å²) in [5.41, 5.74) is 7.21. The topological polar surface area (TPSA) is 94.8 Å². The Balaban J connectivity index is 1.25. The normalized spacial score (nSPS) is 21.6. The number of likely N-dealkylation sites (tertiary alicyclic amines) is 1. The number of nitrogens with zero attached hydrogens (tertiary/aromatic N) is 4. The Morgan fingerprint density at radius 3 is 2.54 bits per heavy atom. The molecule has 3 N–H and O–H groups in total. The van der Waals surface area contributed by atoms with Crippen molar-refractivity contribution in [2.75, 3.05) is 44.6 Å². The van der Waals surface area contributed by atoms with E-state index in [0.717, 1.165) is 49.9 Å². The van der Waals surface area contributed by atoms with Gasteiger partial charge in [0.1, 0.15) is 5.69 Å². The summed E-state index contributed by atoms with van der Waals surface area (Å²) >= 11 is 0. The third kappa shape index (κ3) is 3.92. The van der Waals surface area contributed by atoms with Crippen LogP contribution in [0.3, 0.4) is 0 Å². The third-order valence-corrected chi connectivity index (χ3v) is 6.23. The van der Waals surface area contributed by atoms with Gasteiger partial charge < -0.3 is 20.9 Å². The summed E-state index contributed by atoms with van der Waals surface area (Å²) in [6.07, 6.45) is 6.69. The van der Waals surface area contributed by atoms with E-state index in [9.17, 15) is 9.59 Å². The molecule has 2 saturated heterocycles. The second-order valence-electron chi connectivity index (χ2n) is 8.24. The molecule has 3 amide bonds. The van der Waals surface area contributed by atoms with E-state index in [2.05, 4.69) is 15.2 Å². The Hall–Kier alpha value is -2.35. The van der Waals surface area contributed by atoms with E-state index in [-0.39, 0.29) is 12.1 Å². The first kappa shape index (κ1) is 19.0. The molecule has 0 radical (unpaired) electrons. The maximum atomic E-state index is 12.8. The molecule has 8 nitrogen and oxygen atoms in total. The van der Waals surface area contributed by atoms with E-state index in [0.29, 0.717) is 18.8 Å². The Morgan fingerprint density at radius 1 is 1.11 bits per heavy atom. The van der Waals surface area contributed by atoms with Crippen molar-refractivity contribution in [2.24, 2.45) is 5.73 Å². The van der Waals surface area contributed by atoms with Crippen LogP contribution in [0, 0.1) is 6.92 Å². The second-order valence-corrected chi connectivity index (χ2v) is 8.24. The molecule has 1 aromatic heterocycles. The number of nitrogens with two attached hydrogens (primary N) is 1. The van der Waals surface area contributed by atoms with Crippen LogP contribution in [-0.2, 0) is 0 Å². The first-order chi connectivity index (χ1) is 13.5. The van der Waals surface area contributed by atoms with Gasteiger partial charge in [0.15, 0.2) is 0 Å². The first-order valence-corrected chi connectivity index (χ1v) is 10.3. The zero-order chi connectivity index (χ0) is 19.7. The molecule has 3 aliphatic rings. The van der Waals surface area contributed by atoms with Gasteiger partial charge >= 0.3 is 6.03 Å². The number of anilines is 1. The van der Waals surface area contributed by atoms with Crippen LogP contribution < -0.4 is 11.1 Å². The number of rotatable bonds is 4. The van der Waals surface area contributed by atoms with Gasteiger partial charge in [0.25, 0.3) is 5.91 Å². The summed E-state index contributed by atoms with van der Waals surface area (Å²) in [6.45, 7) is 7.02. The highest BCUT2D eigenvalue weighted by Gasteiger charge is 2.35. The van der Waals surface area contributed by atoms with Gasteiger partial charge in [0, 0.05) is 45.3 Å². The molecule has 0 bridgehead atoms. The minimum absolute atomic E-state index is 0.159. The largest absolute Gasteiger partial charge is 0.377 e. The highest BCUT2D eigenvalue weighted by atomic mass is 16.2. The van der Waals surface area contributed by atoms with E-state index in [1.54, 1.807) is 6.20 Å². The molecule has 0 atom stereocenters. The number of carbonyl (C=O) groups is 2. The number of hydrogen-bond acceptors (Lipinski definition) is 5. The average molecular weight is 387 g/mol. The third-order valence-electron chi connectivity index (χ3n) is 6.23. The van der Waals surface area contributed by atoms with E-state index >= 15 is 0 Å². The summed E-state index contributed by atoms with van der Waals surface area (Å²) in [4.78, 5) is 34.7. The molecule has 3 heterocycles. The Kier molecular flexibility index (Phi) is 5.39. The molecule has 2 aliphatic heterocycles. The fourth-order valence-electron chi connectivity index (χ4n) is 4.32. The summed E-state index contributed by atoms with van der Waals surface area (Å²) in [5.74, 6) is -0.516. The minimum atomic E-state index is -0.516. The first-order valence-electron chi connectivity index (χ1n) is 10.3. The lowest BCUT2D eigenvalue weighted by molar-refractivity contribution is 0.0994. The maximum absolute atomic E-state index is 12.8. The van der Waals surface area contributed by atoms with Gasteiger partial charge in [-0.2, -0.15) is 0 Å². The number of carbonyl (C=O) groups excluding carboxylic acids is 2. The lowest BCUT2D eigenvalue weighted by atomic mass is 9.91. The van der Waals surface area contributed by atoms with Crippen molar-refractivity contribution in [1.29, 1.82) is 0 Å². The SMILES string of the molecule is Cc1cc(NC2CN(C(=O)N3CCCN(C4CCC4)CC3)C2)cnc1C(N)=O. The van der Waals surface area contributed by atoms with Gasteiger partial charge in [-0.3, -0.25) is 9.69 Å². The van der Waals surface area contributed by atoms with Crippen molar-refractivity contribution >= 4 is 17.6 Å². The highest BCUT2D eigenvalue weighted by Crippen LogP contribution is 2.26. The molecule has 0 aromatic carbocycles. The Labute approximate surface area is 166 Å². The van der Waals surface area contributed by atoms with Crippen LogP contribution in [0.15, 0.2) is 12.3 Å². The van der Waals surface area contributed by atoms with Gasteiger partial charge in [-0.15, -0.1) is 0 Å². The molecule has 1 aliphatic carbocycles. The summed E-state index contributed by atoms with van der Waals surface area (Å²) < 4.78 is 0. The van der Waals surface area contributed by atoms with Gasteiger partial charge in [0.05, 0.1) is 17.9 Å². The minimum Gasteiger partial charge on any atom is -0.377 e. The van der Waals surface area contributed by atoms with Crippen LogP contribution in [0.4, 0.5) is 10.5 Å². The second kappa shape index (κ2) is 7.95. The molecule has 3 fully saturated rings. The van der Waals surface area contributed by atoms with Crippen LogP contribution >= 0.6 is 0 Å². The van der Waals surface area contributed by atoms with Crippen LogP contribution in [0.5, 0.6) is 0 Å². The van der Waals surface area contributed by atoms with Crippen molar-refractivity contribution in [2.45, 2.75) is 44.7 Å². The number of hydrogen-bond donors (Lipinski definition) is 2. The fourth-order valence-corrected chi connectivity index (χ4v) is 4.32. The number of aryl methyl sites for hydroxylation is 1. The maximum Gasteiger partial charge on any atom is 0.320 e. The predicted octanol–water partition coefficient (Wildman–Crippen LogP) is 1.27. The van der Waals surface area contributed by atoms with Gasteiger partial charge in [-0.25, -0.2) is 9.78 Å². The molecule has 152 valence electrons. The molecular formula is C20H30N6O2. The monoisotopic (exact) mass is 386 g/mol. The van der Waals surface area contributed by atoms with Crippen LogP contribution in [-0.4, -0.2) is 83.0 Å². The summed E-state index contributed by atoms with van der Waals surface area (Å²) in [5, 5.41) is 3.39. The van der Waals surface area contributed by atoms with E-state index < -0.39 is 5.91 Å². The van der Waals surface area contributed by atoms with Crippen LogP contribution in [0.2, 0.25) is 0 Å². The molecule has 1 saturated carbocycles. The number of nitrogens with one attached hydrogen (secondary N) is 1. The van der Waals surface area contributed by atoms with Gasteiger partial charge in [-0.05, 0) is 37.8 Å². The average Bonchev–Trinajstić information content (AvgIpc) is 2.81. The highest BCUT2D eigenvalue weighted by molar-refractivity contribution is 5.92. The standard InChI is InChI=1S/C20H30N6O2/c1-14-10-15(11-22-18(14)19(21)27)23-16-12-26(13-16)20(28)25-7-3-6-24(8-9-25)17-4-2-5-17/h10-11,16-17,23H,2-9,12-13H2,1H3,(H2,21,27). The molecule has 28 heavy (non-hydrogen) atoms. The van der Waals surface area contributed by atoms with Crippen LogP contribution in [0.25, 0.3) is 0 Å². The molecule has 4 rings (SSSR count). The lowest BCUT2D eigenvalue weighted by Gasteiger charge is -2.42. The molecular weight excluding hydrogens is 356 g/mol. The molecule has 1 aromatic rings. The number of amides is 3. The Bertz CT molecular complexity index is 744. The number of urea groups is 1. The van der Waals surface area contributed by atoms with E-state index in [1.165, 1.54) is 19.3 Å². The van der Waals surface area contributed by atoms with Crippen molar-refractivity contribution in [3.63, 3.8) is 0 Å². The number of aromatic nitrogens is 1. The van der Waals surface area contributed by atoms with Crippen molar-refractivity contribution in [3.05, 3.63) is 23.5 Å². The molecule has 0 spiro atoms. The zero-order valence-corrected chi connectivity index (χ0v) is 16.6. The summed E-state index contributed by atoms with van der Waals surface area (Å²) in [6, 6.07) is 3.00. The number of pyridine rings is 1.